The maximum absolute atomic E-state index is 5.33. The Morgan fingerprint density at radius 3 is 2.77 bits per heavy atom. The van der Waals surface area contributed by atoms with Crippen LogP contribution in [0.25, 0.3) is 5.57 Å². The Morgan fingerprint density at radius 1 is 1.31 bits per heavy atom. The molecule has 0 spiro atoms. The molecule has 1 aromatic carbocycles. The molecule has 0 radical (unpaired) electrons. The number of benzene rings is 1. The maximum Gasteiger partial charge on any atom is 0.126 e. The first kappa shape index (κ1) is 8.36. The van der Waals surface area contributed by atoms with E-state index in [-0.39, 0.29) is 0 Å². The van der Waals surface area contributed by atoms with Crippen molar-refractivity contribution in [3.63, 3.8) is 0 Å². The molecule has 1 atom stereocenters. The molecule has 0 aliphatic heterocycles. The highest BCUT2D eigenvalue weighted by Gasteiger charge is 2.20. The average Bonchev–Trinajstić information content (AvgIpc) is 2.43. The van der Waals surface area contributed by atoms with E-state index >= 15 is 0 Å². The summed E-state index contributed by atoms with van der Waals surface area (Å²) in [5.74, 6) is 1.53. The topological polar surface area (TPSA) is 9.23 Å². The van der Waals surface area contributed by atoms with Crippen molar-refractivity contribution < 1.29 is 4.74 Å². The quantitative estimate of drug-likeness (QED) is 0.635. The number of fused-ring (bicyclic) bond motifs is 1. The summed E-state index contributed by atoms with van der Waals surface area (Å²) < 4.78 is 5.33. The molecule has 1 heteroatoms. The van der Waals surface area contributed by atoms with Crippen molar-refractivity contribution in [3.05, 3.63) is 35.4 Å². The van der Waals surface area contributed by atoms with Crippen molar-refractivity contribution in [2.24, 2.45) is 0 Å². The Hall–Kier alpha value is -1.24. The zero-order chi connectivity index (χ0) is 9.42. The largest absolute Gasteiger partial charge is 0.496 e. The Bertz CT molecular complexity index is 363. The molecule has 0 saturated heterocycles. The van der Waals surface area contributed by atoms with Gasteiger partial charge in [-0.3, -0.25) is 0 Å². The Balaban J connectivity index is 2.63. The van der Waals surface area contributed by atoms with Crippen molar-refractivity contribution >= 4 is 5.57 Å². The lowest BCUT2D eigenvalue weighted by Gasteiger charge is -2.09. The highest BCUT2D eigenvalue weighted by atomic mass is 16.5. The summed E-state index contributed by atoms with van der Waals surface area (Å²) in [6.07, 6.45) is 2.28. The minimum Gasteiger partial charge on any atom is -0.496 e. The van der Waals surface area contributed by atoms with Crippen LogP contribution in [-0.4, -0.2) is 7.11 Å². The number of hydrogen-bond acceptors (Lipinski definition) is 1. The van der Waals surface area contributed by atoms with Gasteiger partial charge in [0.2, 0.25) is 0 Å². The van der Waals surface area contributed by atoms with Gasteiger partial charge in [-0.15, -0.1) is 0 Å². The van der Waals surface area contributed by atoms with Gasteiger partial charge in [-0.05, 0) is 24.1 Å². The molecule has 2 rings (SSSR count). The fraction of sp³-hybridized carbons (Fsp3) is 0.333. The first-order valence-corrected chi connectivity index (χ1v) is 4.59. The van der Waals surface area contributed by atoms with Gasteiger partial charge >= 0.3 is 0 Å². The summed E-state index contributed by atoms with van der Waals surface area (Å²) in [7, 11) is 1.73. The summed E-state index contributed by atoms with van der Waals surface area (Å²) in [6.45, 7) is 4.36. The molecule has 0 aromatic heterocycles. The molecule has 0 N–H and O–H groups in total. The van der Waals surface area contributed by atoms with Gasteiger partial charge in [-0.2, -0.15) is 0 Å². The Labute approximate surface area is 79.0 Å². The summed E-state index contributed by atoms with van der Waals surface area (Å²) in [6, 6.07) is 6.25. The first-order chi connectivity index (χ1) is 6.24. The molecular weight excluding hydrogens is 160 g/mol. The van der Waals surface area contributed by atoms with Crippen molar-refractivity contribution in [1.82, 2.24) is 0 Å². The minimum absolute atomic E-state index is 0.532. The lowest BCUT2D eigenvalue weighted by Crippen LogP contribution is -1.92. The molecule has 1 unspecified atom stereocenters. The second-order valence-corrected chi connectivity index (χ2v) is 3.56. The number of allylic oxidation sites excluding steroid dienone is 2. The maximum atomic E-state index is 5.33. The predicted molar refractivity (Wildman–Crippen MR) is 55.1 cm³/mol. The van der Waals surface area contributed by atoms with Gasteiger partial charge < -0.3 is 4.74 Å². The van der Waals surface area contributed by atoms with Crippen LogP contribution in [0.1, 0.15) is 30.9 Å². The van der Waals surface area contributed by atoms with Crippen LogP contribution in [0.5, 0.6) is 5.75 Å². The van der Waals surface area contributed by atoms with Crippen molar-refractivity contribution in [2.45, 2.75) is 19.8 Å². The molecule has 1 aromatic rings. The molecule has 0 heterocycles. The molecule has 1 aliphatic carbocycles. The van der Waals surface area contributed by atoms with E-state index in [1.807, 2.05) is 6.07 Å². The molecule has 13 heavy (non-hydrogen) atoms. The standard InChI is InChI=1S/C12H14O/c1-8-7-9(2)12-10(8)5-4-6-11(12)13-3/h4-8H,1-3H3. The van der Waals surface area contributed by atoms with Crippen LogP contribution in [0.2, 0.25) is 0 Å². The Kier molecular flexibility index (Phi) is 1.87. The van der Waals surface area contributed by atoms with Crippen LogP contribution in [0.15, 0.2) is 24.3 Å². The fourth-order valence-electron chi connectivity index (χ4n) is 2.07. The molecule has 68 valence electrons. The van der Waals surface area contributed by atoms with Gasteiger partial charge in [-0.25, -0.2) is 0 Å². The van der Waals surface area contributed by atoms with Gasteiger partial charge in [0.1, 0.15) is 5.75 Å². The fourth-order valence-corrected chi connectivity index (χ4v) is 2.07. The number of ether oxygens (including phenoxy) is 1. The summed E-state index contributed by atoms with van der Waals surface area (Å²) in [4.78, 5) is 0. The van der Waals surface area contributed by atoms with E-state index < -0.39 is 0 Å². The third-order valence-electron chi connectivity index (χ3n) is 2.66. The molecule has 0 bridgehead atoms. The third kappa shape index (κ3) is 1.15. The molecule has 0 fully saturated rings. The van der Waals surface area contributed by atoms with Crippen LogP contribution >= 0.6 is 0 Å². The zero-order valence-corrected chi connectivity index (χ0v) is 8.29. The van der Waals surface area contributed by atoms with E-state index in [1.165, 1.54) is 16.7 Å². The minimum atomic E-state index is 0.532. The first-order valence-electron chi connectivity index (χ1n) is 4.59. The monoisotopic (exact) mass is 174 g/mol. The predicted octanol–water partition coefficient (Wildman–Crippen LogP) is 3.22. The summed E-state index contributed by atoms with van der Waals surface area (Å²) in [5.41, 5.74) is 4.01. The molecule has 0 amide bonds. The van der Waals surface area contributed by atoms with E-state index in [9.17, 15) is 0 Å². The number of methoxy groups -OCH3 is 1. The smallest absolute Gasteiger partial charge is 0.126 e. The van der Waals surface area contributed by atoms with E-state index in [2.05, 4.69) is 32.1 Å². The van der Waals surface area contributed by atoms with Gasteiger partial charge in [0.15, 0.2) is 0 Å². The lowest BCUT2D eigenvalue weighted by atomic mass is 10.0. The molecule has 0 saturated carbocycles. The molecular formula is C12H14O. The van der Waals surface area contributed by atoms with Gasteiger partial charge in [-0.1, -0.05) is 25.1 Å². The van der Waals surface area contributed by atoms with Crippen LogP contribution in [0, 0.1) is 0 Å². The summed E-state index contributed by atoms with van der Waals surface area (Å²) in [5, 5.41) is 0. The third-order valence-corrected chi connectivity index (χ3v) is 2.66. The second-order valence-electron chi connectivity index (χ2n) is 3.56. The van der Waals surface area contributed by atoms with Crippen LogP contribution in [-0.2, 0) is 0 Å². The number of hydrogen-bond donors (Lipinski definition) is 0. The van der Waals surface area contributed by atoms with Crippen molar-refractivity contribution in [1.29, 1.82) is 0 Å². The van der Waals surface area contributed by atoms with E-state index in [0.29, 0.717) is 5.92 Å². The molecule has 1 nitrogen and oxygen atoms in total. The lowest BCUT2D eigenvalue weighted by molar-refractivity contribution is 0.413. The molecule has 1 aliphatic rings. The zero-order valence-electron chi connectivity index (χ0n) is 8.29. The van der Waals surface area contributed by atoms with Gasteiger partial charge in [0.25, 0.3) is 0 Å². The second kappa shape index (κ2) is 2.91. The van der Waals surface area contributed by atoms with E-state index in [1.54, 1.807) is 7.11 Å². The van der Waals surface area contributed by atoms with Crippen LogP contribution < -0.4 is 4.74 Å². The number of rotatable bonds is 1. The van der Waals surface area contributed by atoms with Crippen molar-refractivity contribution in [3.8, 4) is 5.75 Å². The van der Waals surface area contributed by atoms with Crippen LogP contribution in [0.3, 0.4) is 0 Å². The summed E-state index contributed by atoms with van der Waals surface area (Å²) >= 11 is 0. The highest BCUT2D eigenvalue weighted by Crippen LogP contribution is 2.40. The van der Waals surface area contributed by atoms with Gasteiger partial charge in [0, 0.05) is 11.5 Å². The van der Waals surface area contributed by atoms with Gasteiger partial charge in [0.05, 0.1) is 7.11 Å². The van der Waals surface area contributed by atoms with E-state index in [4.69, 9.17) is 4.74 Å². The van der Waals surface area contributed by atoms with Crippen LogP contribution in [0.4, 0.5) is 0 Å². The highest BCUT2D eigenvalue weighted by molar-refractivity contribution is 5.77. The Morgan fingerprint density at radius 2 is 2.08 bits per heavy atom. The SMILES string of the molecule is COc1cccc2c1C(C)=CC2C. The van der Waals surface area contributed by atoms with E-state index in [0.717, 1.165) is 5.75 Å². The normalized spacial score (nSPS) is 19.6. The van der Waals surface area contributed by atoms with Crippen molar-refractivity contribution in [2.75, 3.05) is 7.11 Å². The average molecular weight is 174 g/mol.